The summed E-state index contributed by atoms with van der Waals surface area (Å²) >= 11 is 12.3. The normalized spacial score (nSPS) is 21.1. The summed E-state index contributed by atoms with van der Waals surface area (Å²) in [5, 5.41) is 16.3. The van der Waals surface area contributed by atoms with Gasteiger partial charge < -0.3 is 24.5 Å². The van der Waals surface area contributed by atoms with Crippen LogP contribution in [0.3, 0.4) is 0 Å². The van der Waals surface area contributed by atoms with Gasteiger partial charge in [-0.05, 0) is 59.2 Å². The summed E-state index contributed by atoms with van der Waals surface area (Å²) in [5.41, 5.74) is 4.15. The van der Waals surface area contributed by atoms with Crippen molar-refractivity contribution >= 4 is 29.1 Å². The molecule has 1 aliphatic heterocycles. The zero-order valence-electron chi connectivity index (χ0n) is 26.1. The first kappa shape index (κ1) is 32.8. The number of carbonyl (C=O) groups is 1. The number of methoxy groups -OCH3 is 1. The number of ether oxygens (including phenoxy) is 1. The Labute approximate surface area is 271 Å². The third-order valence-electron chi connectivity index (χ3n) is 9.76. The van der Waals surface area contributed by atoms with Gasteiger partial charge in [-0.2, -0.15) is 0 Å². The standard InChI is InChI=1S/C35H47Cl2N5O2/c1-41-15-16-42(34(41)38)23-26-17-27(20-28(18-26)33(43)40-21-25-11-12-29(36)30(37)19-25)32-31(44-2)22-39-24-35(32)13-9-7-5-3-4-6-8-10-14-35/h11-12,15-20,31-32,38-39H,3-10,13-14,21-24H2,1-2H3,(H,40,43). The molecule has 1 saturated carbocycles. The molecular weight excluding hydrogens is 593 g/mol. The van der Waals surface area contributed by atoms with Crippen molar-refractivity contribution in [1.29, 1.82) is 5.41 Å². The van der Waals surface area contributed by atoms with Crippen LogP contribution >= 0.6 is 23.2 Å². The van der Waals surface area contributed by atoms with Crippen LogP contribution in [0.5, 0.6) is 0 Å². The monoisotopic (exact) mass is 639 g/mol. The van der Waals surface area contributed by atoms with Crippen molar-refractivity contribution in [3.63, 3.8) is 0 Å². The summed E-state index contributed by atoms with van der Waals surface area (Å²) in [6, 6.07) is 11.8. The van der Waals surface area contributed by atoms with Gasteiger partial charge in [0.2, 0.25) is 5.62 Å². The summed E-state index contributed by atoms with van der Waals surface area (Å²) in [4.78, 5) is 13.8. The Balaban J connectivity index is 1.52. The third-order valence-corrected chi connectivity index (χ3v) is 10.5. The second kappa shape index (κ2) is 15.1. The lowest BCUT2D eigenvalue weighted by Gasteiger charge is -2.49. The summed E-state index contributed by atoms with van der Waals surface area (Å²) in [7, 11) is 3.70. The maximum Gasteiger partial charge on any atom is 0.251 e. The molecule has 1 saturated heterocycles. The van der Waals surface area contributed by atoms with Crippen LogP contribution in [0.4, 0.5) is 0 Å². The van der Waals surface area contributed by atoms with E-state index >= 15 is 0 Å². The van der Waals surface area contributed by atoms with Gasteiger partial charge in [0.25, 0.3) is 5.91 Å². The van der Waals surface area contributed by atoms with Gasteiger partial charge in [0.15, 0.2) is 0 Å². The first-order valence-corrected chi connectivity index (χ1v) is 16.9. The largest absolute Gasteiger partial charge is 0.379 e. The summed E-state index contributed by atoms with van der Waals surface area (Å²) in [6.45, 7) is 2.61. The minimum atomic E-state index is -0.136. The van der Waals surface area contributed by atoms with Gasteiger partial charge in [-0.15, -0.1) is 0 Å². The molecule has 2 atom stereocenters. The number of hydrogen-bond donors (Lipinski definition) is 3. The minimum Gasteiger partial charge on any atom is -0.379 e. The quantitative estimate of drug-likeness (QED) is 0.256. The lowest BCUT2D eigenvalue weighted by molar-refractivity contribution is -0.0117. The van der Waals surface area contributed by atoms with Crippen LogP contribution in [0, 0.1) is 10.8 Å². The van der Waals surface area contributed by atoms with Gasteiger partial charge in [-0.25, -0.2) is 0 Å². The molecule has 3 N–H and O–H groups in total. The number of nitrogens with one attached hydrogen (secondary N) is 3. The highest BCUT2D eigenvalue weighted by molar-refractivity contribution is 6.42. The Hall–Kier alpha value is -2.58. The second-order valence-electron chi connectivity index (χ2n) is 12.8. The Morgan fingerprint density at radius 2 is 1.68 bits per heavy atom. The van der Waals surface area contributed by atoms with Gasteiger partial charge in [0.1, 0.15) is 0 Å². The van der Waals surface area contributed by atoms with Crippen LogP contribution in [-0.4, -0.2) is 41.3 Å². The predicted molar refractivity (Wildman–Crippen MR) is 177 cm³/mol. The van der Waals surface area contributed by atoms with E-state index in [2.05, 4.69) is 22.8 Å². The van der Waals surface area contributed by atoms with Crippen molar-refractivity contribution in [2.24, 2.45) is 12.5 Å². The van der Waals surface area contributed by atoms with E-state index in [4.69, 9.17) is 33.3 Å². The molecule has 9 heteroatoms. The number of amides is 1. The maximum absolute atomic E-state index is 13.8. The van der Waals surface area contributed by atoms with Crippen molar-refractivity contribution in [3.05, 3.63) is 86.7 Å². The Morgan fingerprint density at radius 1 is 0.977 bits per heavy atom. The zero-order valence-corrected chi connectivity index (χ0v) is 27.7. The fraction of sp³-hybridized carbons (Fsp3) is 0.543. The molecule has 238 valence electrons. The number of halogens is 2. The molecule has 2 heterocycles. The number of piperidine rings is 1. The summed E-state index contributed by atoms with van der Waals surface area (Å²) in [6.07, 6.45) is 16.4. The van der Waals surface area contributed by atoms with Crippen LogP contribution < -0.4 is 16.3 Å². The average Bonchev–Trinajstić information content (AvgIpc) is 3.31. The molecule has 0 radical (unpaired) electrons. The molecule has 0 bridgehead atoms. The number of nitrogens with zero attached hydrogens (tertiary/aromatic N) is 2. The summed E-state index contributed by atoms with van der Waals surface area (Å²) in [5.74, 6) is 0.0232. The zero-order chi connectivity index (χ0) is 31.1. The number of hydrogen-bond acceptors (Lipinski definition) is 4. The Morgan fingerprint density at radius 3 is 2.32 bits per heavy atom. The van der Waals surface area contributed by atoms with Gasteiger partial charge in [0.05, 0.1) is 22.7 Å². The van der Waals surface area contributed by atoms with E-state index in [1.165, 1.54) is 51.4 Å². The molecule has 1 aliphatic carbocycles. The number of aryl methyl sites for hydroxylation is 1. The topological polar surface area (TPSA) is 84.1 Å². The van der Waals surface area contributed by atoms with Crippen molar-refractivity contribution in [2.45, 2.75) is 89.3 Å². The van der Waals surface area contributed by atoms with E-state index in [1.807, 2.05) is 43.3 Å². The van der Waals surface area contributed by atoms with E-state index in [1.54, 1.807) is 16.7 Å². The minimum absolute atomic E-state index is 0.00682. The Kier molecular flexibility index (Phi) is 11.3. The van der Waals surface area contributed by atoms with Crippen LogP contribution in [-0.2, 0) is 24.9 Å². The smallest absolute Gasteiger partial charge is 0.251 e. The molecule has 2 unspecified atom stereocenters. The molecule has 2 aliphatic rings. The number of aromatic nitrogens is 2. The van der Waals surface area contributed by atoms with Crippen molar-refractivity contribution < 1.29 is 9.53 Å². The predicted octanol–water partition coefficient (Wildman–Crippen LogP) is 7.19. The molecule has 1 aromatic heterocycles. The van der Waals surface area contributed by atoms with Crippen molar-refractivity contribution in [3.8, 4) is 0 Å². The van der Waals surface area contributed by atoms with E-state index in [9.17, 15) is 4.79 Å². The first-order valence-electron chi connectivity index (χ1n) is 16.2. The fourth-order valence-corrected chi connectivity index (χ4v) is 7.72. The van der Waals surface area contributed by atoms with Crippen LogP contribution in [0.15, 0.2) is 48.8 Å². The van der Waals surface area contributed by atoms with Crippen LogP contribution in [0.25, 0.3) is 0 Å². The van der Waals surface area contributed by atoms with E-state index in [0.717, 1.165) is 42.6 Å². The molecule has 44 heavy (non-hydrogen) atoms. The van der Waals surface area contributed by atoms with Crippen molar-refractivity contribution in [2.75, 3.05) is 20.2 Å². The molecular formula is C35H47Cl2N5O2. The van der Waals surface area contributed by atoms with Gasteiger partial charge in [-0.3, -0.25) is 10.2 Å². The molecule has 2 fully saturated rings. The molecule has 7 nitrogen and oxygen atoms in total. The third kappa shape index (κ3) is 7.79. The average molecular weight is 641 g/mol. The molecule has 1 spiro atoms. The number of benzene rings is 2. The number of imidazole rings is 1. The number of rotatable bonds is 7. The lowest BCUT2D eigenvalue weighted by Crippen LogP contribution is -2.53. The molecule has 5 rings (SSSR count). The van der Waals surface area contributed by atoms with Crippen molar-refractivity contribution in [1.82, 2.24) is 19.8 Å². The summed E-state index contributed by atoms with van der Waals surface area (Å²) < 4.78 is 9.92. The van der Waals surface area contributed by atoms with Crippen LogP contribution in [0.1, 0.15) is 97.2 Å². The lowest BCUT2D eigenvalue weighted by atomic mass is 9.62. The maximum atomic E-state index is 13.8. The van der Waals surface area contributed by atoms with Gasteiger partial charge >= 0.3 is 0 Å². The SMILES string of the molecule is COC1CNCC2(CCCCCCCCCC2)C1c1cc(Cn2ccn(C)c2=N)cc(C(=O)NCc2ccc(Cl)c(Cl)c2)c1. The highest BCUT2D eigenvalue weighted by atomic mass is 35.5. The Bertz CT molecular complexity index is 1470. The molecule has 1 amide bonds. The van der Waals surface area contributed by atoms with E-state index < -0.39 is 0 Å². The molecule has 3 aromatic rings. The van der Waals surface area contributed by atoms with E-state index in [-0.39, 0.29) is 23.3 Å². The second-order valence-corrected chi connectivity index (χ2v) is 13.6. The number of carbonyl (C=O) groups excluding carboxylic acids is 1. The van der Waals surface area contributed by atoms with E-state index in [0.29, 0.717) is 34.3 Å². The molecule has 2 aromatic carbocycles. The van der Waals surface area contributed by atoms with Crippen LogP contribution in [0.2, 0.25) is 10.0 Å². The highest BCUT2D eigenvalue weighted by Crippen LogP contribution is 2.49. The highest BCUT2D eigenvalue weighted by Gasteiger charge is 2.46. The van der Waals surface area contributed by atoms with Gasteiger partial charge in [-0.1, -0.05) is 86.7 Å². The fourth-order valence-electron chi connectivity index (χ4n) is 7.40. The van der Waals surface area contributed by atoms with Gasteiger partial charge in [0, 0.05) is 57.7 Å². The first-order chi connectivity index (χ1) is 21.3.